The highest BCUT2D eigenvalue weighted by Gasteiger charge is 2.23. The summed E-state index contributed by atoms with van der Waals surface area (Å²) in [6.45, 7) is 0.835. The zero-order valence-electron chi connectivity index (χ0n) is 11.9. The molecule has 1 aromatic rings. The van der Waals surface area contributed by atoms with E-state index in [0.717, 1.165) is 19.3 Å². The molecule has 0 unspecified atom stereocenters. The first-order chi connectivity index (χ1) is 10.0. The van der Waals surface area contributed by atoms with Crippen molar-refractivity contribution < 1.29 is 12.8 Å². The Labute approximate surface area is 125 Å². The number of hydrogen-bond acceptors (Lipinski definition) is 3. The highest BCUT2D eigenvalue weighted by molar-refractivity contribution is 7.89. The molecule has 2 aliphatic carbocycles. The van der Waals surface area contributed by atoms with Crippen LogP contribution >= 0.6 is 0 Å². The summed E-state index contributed by atoms with van der Waals surface area (Å²) in [5, 5.41) is 3.20. The van der Waals surface area contributed by atoms with E-state index in [9.17, 15) is 12.8 Å². The maximum atomic E-state index is 13.7. The van der Waals surface area contributed by atoms with Gasteiger partial charge in [0, 0.05) is 24.7 Å². The van der Waals surface area contributed by atoms with Crippen LogP contribution in [0.15, 0.2) is 23.1 Å². The summed E-state index contributed by atoms with van der Waals surface area (Å²) in [6.07, 6.45) is 5.52. The molecule has 0 saturated heterocycles. The van der Waals surface area contributed by atoms with Crippen LogP contribution < -0.4 is 10.0 Å². The van der Waals surface area contributed by atoms with Gasteiger partial charge in [-0.1, -0.05) is 12.8 Å². The summed E-state index contributed by atoms with van der Waals surface area (Å²) >= 11 is 0. The Bertz CT molecular complexity index is 610. The fourth-order valence-electron chi connectivity index (χ4n) is 2.28. The van der Waals surface area contributed by atoms with Crippen molar-refractivity contribution >= 4 is 10.0 Å². The molecule has 2 fully saturated rings. The average molecular weight is 312 g/mol. The lowest BCUT2D eigenvalue weighted by molar-refractivity contribution is 0.570. The Hall–Kier alpha value is -0.980. The molecule has 2 saturated carbocycles. The summed E-state index contributed by atoms with van der Waals surface area (Å²) in [5.41, 5.74) is 0.409. The third-order valence-electron chi connectivity index (χ3n) is 4.03. The molecule has 4 nitrogen and oxygen atoms in total. The molecule has 0 atom stereocenters. The maximum Gasteiger partial charge on any atom is 0.240 e. The molecule has 0 aromatic heterocycles. The van der Waals surface area contributed by atoms with Crippen LogP contribution in [-0.4, -0.2) is 21.0 Å². The van der Waals surface area contributed by atoms with Gasteiger partial charge in [-0.15, -0.1) is 0 Å². The van der Waals surface area contributed by atoms with E-state index in [-0.39, 0.29) is 10.7 Å². The van der Waals surface area contributed by atoms with E-state index in [2.05, 4.69) is 10.0 Å². The Kier molecular flexibility index (Phi) is 4.28. The van der Waals surface area contributed by atoms with Gasteiger partial charge in [-0.2, -0.15) is 0 Å². The van der Waals surface area contributed by atoms with Crippen LogP contribution in [-0.2, 0) is 16.6 Å². The number of hydrogen-bond donors (Lipinski definition) is 2. The number of halogens is 1. The Morgan fingerprint density at radius 3 is 2.62 bits per heavy atom. The third-order valence-corrected chi connectivity index (χ3v) is 5.49. The lowest BCUT2D eigenvalue weighted by atomic mass is 10.2. The van der Waals surface area contributed by atoms with Crippen molar-refractivity contribution in [1.82, 2.24) is 10.0 Å². The molecule has 116 valence electrons. The highest BCUT2D eigenvalue weighted by Crippen LogP contribution is 2.31. The van der Waals surface area contributed by atoms with Gasteiger partial charge in [0.1, 0.15) is 5.82 Å². The molecule has 6 heteroatoms. The van der Waals surface area contributed by atoms with Gasteiger partial charge in [0.2, 0.25) is 10.0 Å². The van der Waals surface area contributed by atoms with E-state index in [1.54, 1.807) is 0 Å². The van der Waals surface area contributed by atoms with Gasteiger partial charge >= 0.3 is 0 Å². The second kappa shape index (κ2) is 6.02. The van der Waals surface area contributed by atoms with Crippen LogP contribution in [0.1, 0.15) is 37.7 Å². The van der Waals surface area contributed by atoms with Crippen molar-refractivity contribution in [1.29, 1.82) is 0 Å². The van der Waals surface area contributed by atoms with Gasteiger partial charge in [0.15, 0.2) is 0 Å². The number of rotatable bonds is 8. The molecular formula is C15H21FN2O2S. The Balaban J connectivity index is 1.65. The van der Waals surface area contributed by atoms with E-state index in [4.69, 9.17) is 0 Å². The second-order valence-electron chi connectivity index (χ2n) is 6.04. The standard InChI is InChI=1S/C15H21FN2O2S/c16-15-6-5-14(9-12(15)10-17-13-3-4-13)21(19,20)18-8-7-11-1-2-11/h5-6,9,11,13,17-18H,1-4,7-8,10H2. The topological polar surface area (TPSA) is 58.2 Å². The number of nitrogens with one attached hydrogen (secondary N) is 2. The minimum Gasteiger partial charge on any atom is -0.310 e. The fourth-order valence-corrected chi connectivity index (χ4v) is 3.38. The van der Waals surface area contributed by atoms with E-state index >= 15 is 0 Å². The molecular weight excluding hydrogens is 291 g/mol. The van der Waals surface area contributed by atoms with E-state index in [1.807, 2.05) is 0 Å². The zero-order valence-corrected chi connectivity index (χ0v) is 12.8. The normalized spacial score (nSPS) is 18.9. The molecule has 0 aliphatic heterocycles. The van der Waals surface area contributed by atoms with Gasteiger partial charge in [-0.25, -0.2) is 17.5 Å². The first-order valence-electron chi connectivity index (χ1n) is 7.56. The molecule has 0 radical (unpaired) electrons. The van der Waals surface area contributed by atoms with Crippen LogP contribution in [0.4, 0.5) is 4.39 Å². The molecule has 0 heterocycles. The molecule has 0 amide bonds. The number of sulfonamides is 1. The van der Waals surface area contributed by atoms with E-state index < -0.39 is 10.0 Å². The molecule has 2 aliphatic rings. The van der Waals surface area contributed by atoms with Crippen molar-refractivity contribution in [3.8, 4) is 0 Å². The average Bonchev–Trinajstić information content (AvgIpc) is 3.32. The van der Waals surface area contributed by atoms with E-state index in [0.29, 0.717) is 30.6 Å². The van der Waals surface area contributed by atoms with Crippen LogP contribution in [0.25, 0.3) is 0 Å². The molecule has 1 aromatic carbocycles. The van der Waals surface area contributed by atoms with Crippen molar-refractivity contribution in [3.63, 3.8) is 0 Å². The number of benzene rings is 1. The molecule has 3 rings (SSSR count). The van der Waals surface area contributed by atoms with Crippen molar-refractivity contribution in [3.05, 3.63) is 29.6 Å². The maximum absolute atomic E-state index is 13.7. The van der Waals surface area contributed by atoms with E-state index in [1.165, 1.54) is 31.0 Å². The first-order valence-corrected chi connectivity index (χ1v) is 9.04. The third kappa shape index (κ3) is 4.25. The lowest BCUT2D eigenvalue weighted by Gasteiger charge is -2.10. The molecule has 2 N–H and O–H groups in total. The quantitative estimate of drug-likeness (QED) is 0.773. The minimum atomic E-state index is -3.53. The summed E-state index contributed by atoms with van der Waals surface area (Å²) in [4.78, 5) is 0.146. The highest BCUT2D eigenvalue weighted by atomic mass is 32.2. The van der Waals surface area contributed by atoms with Crippen molar-refractivity contribution in [2.24, 2.45) is 5.92 Å². The van der Waals surface area contributed by atoms with Gasteiger partial charge in [0.05, 0.1) is 4.90 Å². The largest absolute Gasteiger partial charge is 0.310 e. The summed E-state index contributed by atoms with van der Waals surface area (Å²) < 4.78 is 40.7. The lowest BCUT2D eigenvalue weighted by Crippen LogP contribution is -2.25. The SMILES string of the molecule is O=S(=O)(NCCC1CC1)c1ccc(F)c(CNC2CC2)c1. The van der Waals surface area contributed by atoms with Gasteiger partial charge in [-0.05, 0) is 43.4 Å². The van der Waals surface area contributed by atoms with Crippen LogP contribution in [0.2, 0.25) is 0 Å². The fraction of sp³-hybridized carbons (Fsp3) is 0.600. The van der Waals surface area contributed by atoms with Crippen LogP contribution in [0, 0.1) is 11.7 Å². The summed E-state index contributed by atoms with van der Waals surface area (Å²) in [6, 6.07) is 4.46. The minimum absolute atomic E-state index is 0.146. The Morgan fingerprint density at radius 2 is 1.95 bits per heavy atom. The van der Waals surface area contributed by atoms with Crippen LogP contribution in [0.3, 0.4) is 0 Å². The predicted octanol–water partition coefficient (Wildman–Crippen LogP) is 2.16. The monoisotopic (exact) mass is 312 g/mol. The second-order valence-corrected chi connectivity index (χ2v) is 7.81. The molecule has 21 heavy (non-hydrogen) atoms. The molecule has 0 bridgehead atoms. The van der Waals surface area contributed by atoms with Gasteiger partial charge < -0.3 is 5.32 Å². The van der Waals surface area contributed by atoms with Crippen LogP contribution in [0.5, 0.6) is 0 Å². The Morgan fingerprint density at radius 1 is 1.19 bits per heavy atom. The van der Waals surface area contributed by atoms with Gasteiger partial charge in [-0.3, -0.25) is 0 Å². The zero-order chi connectivity index (χ0) is 14.9. The summed E-state index contributed by atoms with van der Waals surface area (Å²) in [5.74, 6) is 0.319. The van der Waals surface area contributed by atoms with Gasteiger partial charge in [0.25, 0.3) is 0 Å². The van der Waals surface area contributed by atoms with Crippen molar-refractivity contribution in [2.75, 3.05) is 6.54 Å². The predicted molar refractivity (Wildman–Crippen MR) is 78.8 cm³/mol. The smallest absolute Gasteiger partial charge is 0.240 e. The first kappa shape index (κ1) is 14.9. The summed E-state index contributed by atoms with van der Waals surface area (Å²) in [7, 11) is -3.53. The molecule has 0 spiro atoms. The van der Waals surface area contributed by atoms with Crippen molar-refractivity contribution in [2.45, 2.75) is 49.6 Å².